The fourth-order valence-corrected chi connectivity index (χ4v) is 5.51. The highest BCUT2D eigenvalue weighted by molar-refractivity contribution is 7.98. The fourth-order valence-electron chi connectivity index (χ4n) is 3.14. The molecule has 0 aromatic heterocycles. The lowest BCUT2D eigenvalue weighted by Gasteiger charge is -2.24. The summed E-state index contributed by atoms with van der Waals surface area (Å²) in [6.45, 7) is 4.04. The molecule has 0 heterocycles. The second kappa shape index (κ2) is 11.6. The van der Waals surface area contributed by atoms with Gasteiger partial charge in [0.05, 0.1) is 10.6 Å². The van der Waals surface area contributed by atoms with Gasteiger partial charge in [-0.3, -0.25) is 9.10 Å². The molecule has 0 saturated carbocycles. The van der Waals surface area contributed by atoms with Crippen molar-refractivity contribution < 1.29 is 13.2 Å². The van der Waals surface area contributed by atoms with Gasteiger partial charge in [0.25, 0.3) is 10.0 Å². The van der Waals surface area contributed by atoms with E-state index in [0.717, 1.165) is 22.4 Å². The maximum Gasteiger partial charge on any atom is 0.264 e. The van der Waals surface area contributed by atoms with Crippen LogP contribution in [0, 0.1) is 13.8 Å². The van der Waals surface area contributed by atoms with Crippen molar-refractivity contribution in [2.75, 3.05) is 23.1 Å². The van der Waals surface area contributed by atoms with E-state index in [1.54, 1.807) is 42.1 Å². The molecule has 0 unspecified atom stereocenters. The maximum absolute atomic E-state index is 13.4. The van der Waals surface area contributed by atoms with Gasteiger partial charge in [0.15, 0.2) is 0 Å². The molecule has 3 aromatic rings. The molecule has 174 valence electrons. The molecule has 0 fully saturated rings. The van der Waals surface area contributed by atoms with E-state index in [9.17, 15) is 13.2 Å². The smallest absolute Gasteiger partial charge is 0.264 e. The Morgan fingerprint density at radius 1 is 0.970 bits per heavy atom. The molecular formula is C25H27ClN2O3S2. The van der Waals surface area contributed by atoms with Crippen LogP contribution in [0.5, 0.6) is 0 Å². The first-order valence-electron chi connectivity index (χ1n) is 10.5. The number of benzene rings is 3. The van der Waals surface area contributed by atoms with Crippen molar-refractivity contribution in [1.82, 2.24) is 5.32 Å². The zero-order valence-electron chi connectivity index (χ0n) is 18.6. The Balaban J connectivity index is 1.65. The van der Waals surface area contributed by atoms with E-state index in [1.807, 2.05) is 44.2 Å². The molecule has 33 heavy (non-hydrogen) atoms. The number of nitrogens with zero attached hydrogens (tertiary/aromatic N) is 1. The first-order chi connectivity index (χ1) is 15.8. The summed E-state index contributed by atoms with van der Waals surface area (Å²) in [6, 6.07) is 21.2. The van der Waals surface area contributed by atoms with Crippen LogP contribution in [0.1, 0.15) is 16.7 Å². The lowest BCUT2D eigenvalue weighted by Crippen LogP contribution is -2.41. The van der Waals surface area contributed by atoms with Crippen molar-refractivity contribution in [3.8, 4) is 0 Å². The van der Waals surface area contributed by atoms with E-state index in [1.165, 1.54) is 16.4 Å². The Morgan fingerprint density at radius 3 is 2.33 bits per heavy atom. The summed E-state index contributed by atoms with van der Waals surface area (Å²) in [5.74, 6) is 1.17. The van der Waals surface area contributed by atoms with Crippen molar-refractivity contribution in [2.24, 2.45) is 0 Å². The molecule has 0 radical (unpaired) electrons. The number of halogens is 1. The largest absolute Gasteiger partial charge is 0.354 e. The summed E-state index contributed by atoms with van der Waals surface area (Å²) < 4.78 is 27.9. The number of nitrogens with one attached hydrogen (secondary N) is 1. The Hall–Kier alpha value is -2.48. The Bertz CT molecular complexity index is 1180. The van der Waals surface area contributed by atoms with Crippen LogP contribution in [-0.2, 0) is 20.6 Å². The van der Waals surface area contributed by atoms with Crippen molar-refractivity contribution in [2.45, 2.75) is 24.5 Å². The zero-order valence-corrected chi connectivity index (χ0v) is 21.0. The first-order valence-corrected chi connectivity index (χ1v) is 13.5. The Morgan fingerprint density at radius 2 is 1.67 bits per heavy atom. The lowest BCUT2D eigenvalue weighted by molar-refractivity contribution is -0.119. The van der Waals surface area contributed by atoms with Crippen LogP contribution in [0.2, 0.25) is 5.02 Å². The summed E-state index contributed by atoms with van der Waals surface area (Å²) in [7, 11) is -3.90. The molecular weight excluding hydrogens is 476 g/mol. The predicted octanol–water partition coefficient (Wildman–Crippen LogP) is 5.20. The minimum absolute atomic E-state index is 0.148. The van der Waals surface area contributed by atoms with E-state index < -0.39 is 10.0 Å². The molecule has 1 N–H and O–H groups in total. The number of hydrogen-bond donors (Lipinski definition) is 1. The van der Waals surface area contributed by atoms with E-state index in [2.05, 4.69) is 5.32 Å². The van der Waals surface area contributed by atoms with Crippen molar-refractivity contribution in [3.05, 3.63) is 94.5 Å². The summed E-state index contributed by atoms with van der Waals surface area (Å²) in [4.78, 5) is 12.8. The number of sulfonamides is 1. The molecule has 0 atom stereocenters. The van der Waals surface area contributed by atoms with Crippen LogP contribution in [0.15, 0.2) is 77.7 Å². The SMILES string of the molecule is Cc1ccc(N(CC(=O)NCCSCc2ccc(Cl)cc2)S(=O)(=O)c2ccccc2)cc1C. The third-order valence-corrected chi connectivity index (χ3v) is 8.22. The molecule has 1 amide bonds. The van der Waals surface area contributed by atoms with Gasteiger partial charge in [0, 0.05) is 23.1 Å². The molecule has 5 nitrogen and oxygen atoms in total. The van der Waals surface area contributed by atoms with Crippen LogP contribution in [0.25, 0.3) is 0 Å². The third kappa shape index (κ3) is 7.00. The van der Waals surface area contributed by atoms with Crippen LogP contribution >= 0.6 is 23.4 Å². The fraction of sp³-hybridized carbons (Fsp3) is 0.240. The quantitative estimate of drug-likeness (QED) is 0.387. The monoisotopic (exact) mass is 502 g/mol. The molecule has 0 aliphatic rings. The van der Waals surface area contributed by atoms with E-state index in [0.29, 0.717) is 23.0 Å². The third-order valence-electron chi connectivity index (χ3n) is 5.15. The van der Waals surface area contributed by atoms with Gasteiger partial charge in [-0.15, -0.1) is 0 Å². The van der Waals surface area contributed by atoms with Crippen LogP contribution in [0.3, 0.4) is 0 Å². The van der Waals surface area contributed by atoms with Gasteiger partial charge in [0.2, 0.25) is 5.91 Å². The minimum atomic E-state index is -3.90. The molecule has 0 saturated heterocycles. The average Bonchev–Trinajstić information content (AvgIpc) is 2.81. The lowest BCUT2D eigenvalue weighted by atomic mass is 10.1. The molecule has 8 heteroatoms. The second-order valence-corrected chi connectivity index (χ2v) is 11.0. The van der Waals surface area contributed by atoms with Gasteiger partial charge < -0.3 is 5.32 Å². The number of carbonyl (C=O) groups is 1. The topological polar surface area (TPSA) is 66.5 Å². The molecule has 0 aliphatic carbocycles. The summed E-state index contributed by atoms with van der Waals surface area (Å²) in [6.07, 6.45) is 0. The Labute approximate surface area is 205 Å². The minimum Gasteiger partial charge on any atom is -0.354 e. The molecule has 0 aliphatic heterocycles. The normalized spacial score (nSPS) is 11.2. The van der Waals surface area contributed by atoms with Gasteiger partial charge in [-0.05, 0) is 66.9 Å². The standard InChI is InChI=1S/C25H27ClN2O3S2/c1-19-8-13-23(16-20(19)2)28(33(30,31)24-6-4-3-5-7-24)17-25(29)27-14-15-32-18-21-9-11-22(26)12-10-21/h3-13,16H,14-15,17-18H2,1-2H3,(H,27,29). The zero-order chi connectivity index (χ0) is 23.8. The number of hydrogen-bond acceptors (Lipinski definition) is 4. The van der Waals surface area contributed by atoms with E-state index in [-0.39, 0.29) is 17.3 Å². The highest BCUT2D eigenvalue weighted by Crippen LogP contribution is 2.25. The number of amides is 1. The van der Waals surface area contributed by atoms with Crippen LogP contribution in [-0.4, -0.2) is 33.2 Å². The first kappa shape index (κ1) is 25.1. The molecule has 0 bridgehead atoms. The summed E-state index contributed by atoms with van der Waals surface area (Å²) in [5.41, 5.74) is 3.64. The molecule has 0 spiro atoms. The highest BCUT2D eigenvalue weighted by atomic mass is 35.5. The van der Waals surface area contributed by atoms with Gasteiger partial charge >= 0.3 is 0 Å². The van der Waals surface area contributed by atoms with Gasteiger partial charge in [-0.2, -0.15) is 11.8 Å². The molecule has 3 aromatic carbocycles. The maximum atomic E-state index is 13.4. The Kier molecular flexibility index (Phi) is 8.83. The van der Waals surface area contributed by atoms with E-state index in [4.69, 9.17) is 11.6 Å². The highest BCUT2D eigenvalue weighted by Gasteiger charge is 2.27. The predicted molar refractivity (Wildman–Crippen MR) is 138 cm³/mol. The second-order valence-electron chi connectivity index (χ2n) is 7.62. The van der Waals surface area contributed by atoms with E-state index >= 15 is 0 Å². The number of aryl methyl sites for hydroxylation is 2. The van der Waals surface area contributed by atoms with Crippen molar-refractivity contribution in [1.29, 1.82) is 0 Å². The van der Waals surface area contributed by atoms with Crippen molar-refractivity contribution >= 4 is 45.0 Å². The van der Waals surface area contributed by atoms with Crippen LogP contribution < -0.4 is 9.62 Å². The number of anilines is 1. The number of carbonyl (C=O) groups excluding carboxylic acids is 1. The van der Waals surface area contributed by atoms with Gasteiger partial charge in [-0.25, -0.2) is 8.42 Å². The van der Waals surface area contributed by atoms with Crippen LogP contribution in [0.4, 0.5) is 5.69 Å². The number of rotatable bonds is 10. The molecule has 3 rings (SSSR count). The summed E-state index contributed by atoms with van der Waals surface area (Å²) >= 11 is 7.59. The number of thioether (sulfide) groups is 1. The summed E-state index contributed by atoms with van der Waals surface area (Å²) in [5, 5.41) is 3.54. The van der Waals surface area contributed by atoms with Gasteiger partial charge in [-0.1, -0.05) is 48.0 Å². The van der Waals surface area contributed by atoms with Gasteiger partial charge in [0.1, 0.15) is 6.54 Å². The van der Waals surface area contributed by atoms with Crippen molar-refractivity contribution in [3.63, 3.8) is 0 Å². The average molecular weight is 503 g/mol.